The van der Waals surface area contributed by atoms with E-state index in [1.54, 1.807) is 66.7 Å². The molecule has 4 rings (SSSR count). The maximum Gasteiger partial charge on any atom is 0.343 e. The number of carbonyl (C=O) groups excluding carboxylic acids is 3. The van der Waals surface area contributed by atoms with Crippen LogP contribution in [0.4, 0.5) is 5.69 Å². The second-order valence-corrected chi connectivity index (χ2v) is 9.50. The lowest BCUT2D eigenvalue weighted by atomic mass is 10.1. The third kappa shape index (κ3) is 7.32. The second kappa shape index (κ2) is 14.0. The molecular weight excluding hydrogens is 606 g/mol. The maximum absolute atomic E-state index is 13.0. The molecule has 0 unspecified atom stereocenters. The molecule has 0 fully saturated rings. The molecule has 0 aliphatic rings. The molecule has 42 heavy (non-hydrogen) atoms. The molecule has 11 heteroatoms. The summed E-state index contributed by atoms with van der Waals surface area (Å²) in [5.41, 5.74) is 4.43. The molecule has 0 aliphatic heterocycles. The molecule has 2 amide bonds. The average Bonchev–Trinajstić information content (AvgIpc) is 3.02. The summed E-state index contributed by atoms with van der Waals surface area (Å²) in [4.78, 5) is 38.0. The van der Waals surface area contributed by atoms with Crippen molar-refractivity contribution in [3.63, 3.8) is 0 Å². The summed E-state index contributed by atoms with van der Waals surface area (Å²) in [7, 11) is 4.36. The molecule has 0 atom stereocenters. The highest BCUT2D eigenvalue weighted by Crippen LogP contribution is 2.38. The Balaban J connectivity index is 1.43. The van der Waals surface area contributed by atoms with Gasteiger partial charge in [-0.25, -0.2) is 10.2 Å². The van der Waals surface area contributed by atoms with Gasteiger partial charge in [-0.05, 0) is 66.7 Å². The van der Waals surface area contributed by atoms with Crippen molar-refractivity contribution >= 4 is 45.6 Å². The minimum atomic E-state index is -0.672. The molecule has 0 aromatic heterocycles. The fraction of sp³-hybridized carbons (Fsp3) is 0.0968. The molecule has 2 N–H and O–H groups in total. The smallest absolute Gasteiger partial charge is 0.343 e. The van der Waals surface area contributed by atoms with Gasteiger partial charge in [0.15, 0.2) is 11.5 Å². The van der Waals surface area contributed by atoms with E-state index in [0.29, 0.717) is 44.1 Å². The first kappa shape index (κ1) is 29.8. The van der Waals surface area contributed by atoms with Gasteiger partial charge in [0.05, 0.1) is 33.1 Å². The largest absolute Gasteiger partial charge is 0.493 e. The van der Waals surface area contributed by atoms with Crippen LogP contribution in [0, 0.1) is 0 Å². The lowest BCUT2D eigenvalue weighted by molar-refractivity contribution is 0.0733. The summed E-state index contributed by atoms with van der Waals surface area (Å²) >= 11 is 3.39. The van der Waals surface area contributed by atoms with E-state index >= 15 is 0 Å². The van der Waals surface area contributed by atoms with Gasteiger partial charge in [-0.1, -0.05) is 34.1 Å². The topological polar surface area (TPSA) is 125 Å². The van der Waals surface area contributed by atoms with Crippen molar-refractivity contribution in [2.45, 2.75) is 0 Å². The lowest BCUT2D eigenvalue weighted by Gasteiger charge is -2.14. The molecule has 214 valence electrons. The number of benzene rings is 4. The number of carbonyl (C=O) groups is 3. The van der Waals surface area contributed by atoms with Gasteiger partial charge >= 0.3 is 5.97 Å². The van der Waals surface area contributed by atoms with E-state index in [1.165, 1.54) is 39.7 Å². The van der Waals surface area contributed by atoms with Crippen LogP contribution in [0.15, 0.2) is 94.5 Å². The Hall–Kier alpha value is -5.16. The van der Waals surface area contributed by atoms with Crippen LogP contribution < -0.4 is 29.7 Å². The Labute approximate surface area is 250 Å². The van der Waals surface area contributed by atoms with Gasteiger partial charge in [-0.2, -0.15) is 5.10 Å². The van der Waals surface area contributed by atoms with Crippen molar-refractivity contribution in [2.24, 2.45) is 5.10 Å². The maximum atomic E-state index is 13.0. The molecular formula is C31H26BrN3O7. The van der Waals surface area contributed by atoms with Crippen molar-refractivity contribution in [1.29, 1.82) is 0 Å². The van der Waals surface area contributed by atoms with Crippen LogP contribution in [0.1, 0.15) is 36.6 Å². The first-order valence-corrected chi connectivity index (χ1v) is 13.2. The van der Waals surface area contributed by atoms with Gasteiger partial charge in [-0.15, -0.1) is 0 Å². The summed E-state index contributed by atoms with van der Waals surface area (Å²) in [6.07, 6.45) is 1.36. The van der Waals surface area contributed by atoms with Crippen molar-refractivity contribution in [3.8, 4) is 23.0 Å². The molecule has 0 bridgehead atoms. The van der Waals surface area contributed by atoms with Gasteiger partial charge in [0.2, 0.25) is 5.75 Å². The number of halogens is 1. The molecule has 4 aromatic rings. The second-order valence-electron chi connectivity index (χ2n) is 8.58. The Kier molecular flexibility index (Phi) is 9.90. The lowest BCUT2D eigenvalue weighted by Crippen LogP contribution is -2.18. The number of amides is 2. The number of methoxy groups -OCH3 is 3. The zero-order chi connectivity index (χ0) is 30.1. The Morgan fingerprint density at radius 1 is 0.714 bits per heavy atom. The average molecular weight is 632 g/mol. The van der Waals surface area contributed by atoms with Gasteiger partial charge in [0.1, 0.15) is 5.75 Å². The molecule has 0 aliphatic carbocycles. The van der Waals surface area contributed by atoms with Crippen LogP contribution in [-0.2, 0) is 0 Å². The zero-order valence-electron chi connectivity index (χ0n) is 22.8. The highest BCUT2D eigenvalue weighted by atomic mass is 79.9. The highest BCUT2D eigenvalue weighted by molar-refractivity contribution is 9.10. The summed E-state index contributed by atoms with van der Waals surface area (Å²) < 4.78 is 22.3. The normalized spacial score (nSPS) is 10.6. The third-order valence-corrected chi connectivity index (χ3v) is 6.38. The van der Waals surface area contributed by atoms with E-state index in [2.05, 4.69) is 31.8 Å². The van der Waals surface area contributed by atoms with Crippen molar-refractivity contribution in [3.05, 3.63) is 112 Å². The van der Waals surface area contributed by atoms with Gasteiger partial charge in [0.25, 0.3) is 11.8 Å². The number of hydrogen-bond acceptors (Lipinski definition) is 8. The summed E-state index contributed by atoms with van der Waals surface area (Å²) in [6, 6.07) is 23.1. The first-order chi connectivity index (χ1) is 20.3. The van der Waals surface area contributed by atoms with Gasteiger partial charge in [0, 0.05) is 26.9 Å². The predicted molar refractivity (Wildman–Crippen MR) is 161 cm³/mol. The van der Waals surface area contributed by atoms with Gasteiger partial charge in [-0.3, -0.25) is 9.59 Å². The minimum Gasteiger partial charge on any atom is -0.493 e. The SMILES string of the molecule is COc1cc(C(=O)Oc2ccc(Br)cc2C=NNC(=O)c2ccc(NC(=O)c3ccccc3)cc2)cc(OC)c1OC. The number of nitrogens with one attached hydrogen (secondary N) is 2. The third-order valence-electron chi connectivity index (χ3n) is 5.89. The standard InChI is InChI=1S/C31H26BrN3O7/c1-39-26-16-21(17-27(40-2)28(26)41-3)31(38)42-25-14-11-23(32)15-22(25)18-33-35-30(37)20-9-12-24(13-10-20)34-29(36)19-7-5-4-6-8-19/h4-18H,1-3H3,(H,34,36)(H,35,37). The van der Waals surface area contributed by atoms with Gasteiger partial charge < -0.3 is 24.3 Å². The number of nitrogens with zero attached hydrogens (tertiary/aromatic N) is 1. The Morgan fingerprint density at radius 2 is 1.36 bits per heavy atom. The predicted octanol–water partition coefficient (Wildman–Crippen LogP) is 5.71. The molecule has 0 heterocycles. The number of rotatable bonds is 10. The van der Waals surface area contributed by atoms with Crippen LogP contribution in [0.5, 0.6) is 23.0 Å². The molecule has 0 radical (unpaired) electrons. The molecule has 0 saturated heterocycles. The molecule has 4 aromatic carbocycles. The Bertz CT molecular complexity index is 1600. The minimum absolute atomic E-state index is 0.173. The quantitative estimate of drug-likeness (QED) is 0.0994. The summed E-state index contributed by atoms with van der Waals surface area (Å²) in [6.45, 7) is 0. The highest BCUT2D eigenvalue weighted by Gasteiger charge is 2.19. The van der Waals surface area contributed by atoms with E-state index < -0.39 is 11.9 Å². The van der Waals surface area contributed by atoms with E-state index in [9.17, 15) is 14.4 Å². The zero-order valence-corrected chi connectivity index (χ0v) is 24.4. The van der Waals surface area contributed by atoms with E-state index in [0.717, 1.165) is 0 Å². The van der Waals surface area contributed by atoms with Crippen LogP contribution >= 0.6 is 15.9 Å². The number of anilines is 1. The van der Waals surface area contributed by atoms with E-state index in [4.69, 9.17) is 18.9 Å². The molecule has 0 saturated carbocycles. The van der Waals surface area contributed by atoms with Crippen molar-refractivity contribution < 1.29 is 33.3 Å². The van der Waals surface area contributed by atoms with E-state index in [1.807, 2.05) is 6.07 Å². The monoisotopic (exact) mass is 631 g/mol. The number of esters is 1. The van der Waals surface area contributed by atoms with E-state index in [-0.39, 0.29) is 17.2 Å². The summed E-state index contributed by atoms with van der Waals surface area (Å²) in [5, 5.41) is 6.80. The molecule has 10 nitrogen and oxygen atoms in total. The number of hydrazone groups is 1. The number of hydrogen-bond donors (Lipinski definition) is 2. The van der Waals surface area contributed by atoms with Crippen LogP contribution in [0.3, 0.4) is 0 Å². The van der Waals surface area contributed by atoms with Crippen LogP contribution in [0.25, 0.3) is 0 Å². The van der Waals surface area contributed by atoms with Crippen molar-refractivity contribution in [1.82, 2.24) is 5.43 Å². The number of ether oxygens (including phenoxy) is 4. The Morgan fingerprint density at radius 3 is 1.98 bits per heavy atom. The fourth-order valence-electron chi connectivity index (χ4n) is 3.79. The van der Waals surface area contributed by atoms with Crippen LogP contribution in [-0.4, -0.2) is 45.3 Å². The summed E-state index contributed by atoms with van der Waals surface area (Å²) in [5.74, 6) is -0.253. The fourth-order valence-corrected chi connectivity index (χ4v) is 4.17. The first-order valence-electron chi connectivity index (χ1n) is 12.4. The van der Waals surface area contributed by atoms with Crippen LogP contribution in [0.2, 0.25) is 0 Å². The van der Waals surface area contributed by atoms with Crippen molar-refractivity contribution in [2.75, 3.05) is 26.6 Å². The molecule has 0 spiro atoms.